The van der Waals surface area contributed by atoms with Gasteiger partial charge in [0.05, 0.1) is 5.56 Å². The van der Waals surface area contributed by atoms with Crippen LogP contribution in [-0.2, 0) is 0 Å². The van der Waals surface area contributed by atoms with Crippen molar-refractivity contribution in [3.63, 3.8) is 0 Å². The van der Waals surface area contributed by atoms with Gasteiger partial charge < -0.3 is 0 Å². The Kier molecular flexibility index (Phi) is 2.69. The van der Waals surface area contributed by atoms with Crippen LogP contribution in [0.3, 0.4) is 0 Å². The zero-order valence-corrected chi connectivity index (χ0v) is 7.18. The van der Waals surface area contributed by atoms with Crippen molar-refractivity contribution in [3.05, 3.63) is 28.5 Å². The SMILES string of the molecule is Cc1ccc(C#CC#N)c(Cl)n1. The summed E-state index contributed by atoms with van der Waals surface area (Å²) in [6, 6.07) is 5.25. The van der Waals surface area contributed by atoms with E-state index in [9.17, 15) is 0 Å². The first kappa shape index (κ1) is 8.59. The van der Waals surface area contributed by atoms with Crippen LogP contribution >= 0.6 is 11.6 Å². The number of halogens is 1. The smallest absolute Gasteiger partial charge is 0.152 e. The molecule has 12 heavy (non-hydrogen) atoms. The van der Waals surface area contributed by atoms with E-state index in [1.165, 1.54) is 0 Å². The minimum Gasteiger partial charge on any atom is -0.240 e. The summed E-state index contributed by atoms with van der Waals surface area (Å²) in [5, 5.41) is 8.53. The van der Waals surface area contributed by atoms with Gasteiger partial charge in [-0.05, 0) is 25.0 Å². The molecule has 0 aliphatic rings. The second kappa shape index (κ2) is 3.76. The summed E-state index contributed by atoms with van der Waals surface area (Å²) in [5.74, 6) is 4.84. The van der Waals surface area contributed by atoms with Crippen molar-refractivity contribution < 1.29 is 0 Å². The minimum absolute atomic E-state index is 0.345. The largest absolute Gasteiger partial charge is 0.240 e. The monoisotopic (exact) mass is 176 g/mol. The van der Waals surface area contributed by atoms with Crippen LogP contribution in [0.2, 0.25) is 5.15 Å². The molecule has 1 aromatic heterocycles. The van der Waals surface area contributed by atoms with Crippen molar-refractivity contribution >= 4 is 11.6 Å². The first-order valence-electron chi connectivity index (χ1n) is 3.27. The van der Waals surface area contributed by atoms with E-state index in [-0.39, 0.29) is 0 Å². The molecule has 0 aromatic carbocycles. The summed E-state index contributed by atoms with van der Waals surface area (Å²) in [5.41, 5.74) is 1.42. The Labute approximate surface area is 75.8 Å². The average Bonchev–Trinajstić information content (AvgIpc) is 2.03. The van der Waals surface area contributed by atoms with Gasteiger partial charge in [-0.25, -0.2) is 4.98 Å². The predicted octanol–water partition coefficient (Wildman–Crippen LogP) is 1.92. The minimum atomic E-state index is 0.345. The Bertz CT molecular complexity index is 393. The number of hydrogen-bond acceptors (Lipinski definition) is 2. The molecule has 0 saturated carbocycles. The van der Waals surface area contributed by atoms with Crippen molar-refractivity contribution in [2.45, 2.75) is 6.92 Å². The molecule has 0 radical (unpaired) electrons. The second-order valence-corrected chi connectivity index (χ2v) is 2.51. The van der Waals surface area contributed by atoms with Crippen molar-refractivity contribution in [1.82, 2.24) is 4.98 Å². The van der Waals surface area contributed by atoms with Gasteiger partial charge in [-0.15, -0.1) is 0 Å². The van der Waals surface area contributed by atoms with E-state index >= 15 is 0 Å². The molecule has 0 bridgehead atoms. The highest BCUT2D eigenvalue weighted by atomic mass is 35.5. The molecule has 3 heteroatoms. The Morgan fingerprint density at radius 2 is 2.25 bits per heavy atom. The van der Waals surface area contributed by atoms with Crippen molar-refractivity contribution in [2.75, 3.05) is 0 Å². The van der Waals surface area contributed by atoms with Crippen molar-refractivity contribution in [2.24, 2.45) is 0 Å². The number of nitrogens with zero attached hydrogens (tertiary/aromatic N) is 2. The number of rotatable bonds is 0. The normalized spacial score (nSPS) is 8.08. The highest BCUT2D eigenvalue weighted by Gasteiger charge is 1.96. The summed E-state index contributed by atoms with van der Waals surface area (Å²) < 4.78 is 0. The van der Waals surface area contributed by atoms with Crippen LogP contribution < -0.4 is 0 Å². The van der Waals surface area contributed by atoms with Gasteiger partial charge in [0.2, 0.25) is 0 Å². The lowest BCUT2D eigenvalue weighted by Gasteiger charge is -1.94. The zero-order valence-electron chi connectivity index (χ0n) is 6.43. The molecule has 1 aromatic rings. The van der Waals surface area contributed by atoms with Gasteiger partial charge in [0.25, 0.3) is 0 Å². The Balaban J connectivity index is 3.12. The molecular formula is C9H5ClN2. The van der Waals surface area contributed by atoms with E-state index in [1.807, 2.05) is 6.92 Å². The molecular weight excluding hydrogens is 172 g/mol. The molecule has 1 heterocycles. The first-order valence-corrected chi connectivity index (χ1v) is 3.65. The molecule has 0 spiro atoms. The fraction of sp³-hybridized carbons (Fsp3) is 0.111. The lowest BCUT2D eigenvalue weighted by Crippen LogP contribution is -1.84. The van der Waals surface area contributed by atoms with Crippen LogP contribution in [0.5, 0.6) is 0 Å². The zero-order chi connectivity index (χ0) is 8.97. The highest BCUT2D eigenvalue weighted by molar-refractivity contribution is 6.30. The Hall–Kier alpha value is -1.51. The molecule has 1 rings (SSSR count). The van der Waals surface area contributed by atoms with E-state index in [2.05, 4.69) is 16.8 Å². The van der Waals surface area contributed by atoms with Gasteiger partial charge in [0.15, 0.2) is 6.07 Å². The van der Waals surface area contributed by atoms with Gasteiger partial charge in [-0.1, -0.05) is 11.6 Å². The molecule has 0 aliphatic heterocycles. The van der Waals surface area contributed by atoms with E-state index in [0.717, 1.165) is 5.69 Å². The summed E-state index contributed by atoms with van der Waals surface area (Å²) in [6.07, 6.45) is 0. The summed E-state index contributed by atoms with van der Waals surface area (Å²) >= 11 is 5.74. The molecule has 0 fully saturated rings. The van der Waals surface area contributed by atoms with Crippen molar-refractivity contribution in [3.8, 4) is 17.9 Å². The van der Waals surface area contributed by atoms with Crippen molar-refractivity contribution in [1.29, 1.82) is 5.26 Å². The van der Waals surface area contributed by atoms with Gasteiger partial charge in [-0.3, -0.25) is 0 Å². The molecule has 58 valence electrons. The van der Waals surface area contributed by atoms with E-state index in [1.54, 1.807) is 18.2 Å². The second-order valence-electron chi connectivity index (χ2n) is 2.15. The fourth-order valence-electron chi connectivity index (χ4n) is 0.714. The molecule has 0 amide bonds. The molecule has 0 saturated heterocycles. The average molecular weight is 177 g/mol. The third-order valence-corrected chi connectivity index (χ3v) is 1.53. The fourth-order valence-corrected chi connectivity index (χ4v) is 0.957. The quantitative estimate of drug-likeness (QED) is 0.447. The predicted molar refractivity (Wildman–Crippen MR) is 46.5 cm³/mol. The molecule has 0 unspecified atom stereocenters. The highest BCUT2D eigenvalue weighted by Crippen LogP contribution is 2.11. The Morgan fingerprint density at radius 3 is 2.83 bits per heavy atom. The van der Waals surface area contributed by atoms with Gasteiger partial charge in [0.1, 0.15) is 5.15 Å². The summed E-state index contributed by atoms with van der Waals surface area (Å²) in [6.45, 7) is 1.84. The third-order valence-electron chi connectivity index (χ3n) is 1.24. The number of aromatic nitrogens is 1. The van der Waals surface area contributed by atoms with Gasteiger partial charge >= 0.3 is 0 Å². The topological polar surface area (TPSA) is 36.7 Å². The molecule has 0 N–H and O–H groups in total. The standard InChI is InChI=1S/C9H5ClN2/c1-7-4-5-8(3-2-6-11)9(10)12-7/h4-5H,1H3. The number of pyridine rings is 1. The number of nitriles is 1. The third kappa shape index (κ3) is 1.99. The van der Waals surface area contributed by atoms with E-state index < -0.39 is 0 Å². The lowest BCUT2D eigenvalue weighted by atomic mass is 10.2. The van der Waals surface area contributed by atoms with E-state index in [4.69, 9.17) is 16.9 Å². The first-order chi connectivity index (χ1) is 5.74. The number of hydrogen-bond donors (Lipinski definition) is 0. The molecule has 0 aliphatic carbocycles. The number of aryl methyl sites for hydroxylation is 1. The maximum atomic E-state index is 8.19. The maximum absolute atomic E-state index is 8.19. The molecule has 0 atom stereocenters. The molecule has 2 nitrogen and oxygen atoms in total. The van der Waals surface area contributed by atoms with Crippen LogP contribution in [0.15, 0.2) is 12.1 Å². The van der Waals surface area contributed by atoms with E-state index in [0.29, 0.717) is 10.7 Å². The Morgan fingerprint density at radius 1 is 1.50 bits per heavy atom. The summed E-state index contributed by atoms with van der Waals surface area (Å²) in [4.78, 5) is 3.98. The van der Waals surface area contributed by atoms with Crippen LogP contribution in [0.25, 0.3) is 0 Å². The van der Waals surface area contributed by atoms with Gasteiger partial charge in [0, 0.05) is 11.6 Å². The van der Waals surface area contributed by atoms with Crippen LogP contribution in [0.1, 0.15) is 11.3 Å². The van der Waals surface area contributed by atoms with Gasteiger partial charge in [-0.2, -0.15) is 5.26 Å². The van der Waals surface area contributed by atoms with Crippen LogP contribution in [0, 0.1) is 30.1 Å². The van der Waals surface area contributed by atoms with Crippen LogP contribution in [-0.4, -0.2) is 4.98 Å². The lowest BCUT2D eigenvalue weighted by molar-refractivity contribution is 1.19. The maximum Gasteiger partial charge on any atom is 0.152 e. The summed E-state index contributed by atoms with van der Waals surface area (Å²) in [7, 11) is 0. The van der Waals surface area contributed by atoms with Crippen LogP contribution in [0.4, 0.5) is 0 Å².